The molecule has 3 heteroatoms. The van der Waals surface area contributed by atoms with Crippen LogP contribution in [0.5, 0.6) is 0 Å². The molecule has 0 aliphatic rings. The van der Waals surface area contributed by atoms with Crippen molar-refractivity contribution >= 4 is 60.8 Å². The first kappa shape index (κ1) is 32.8. The zero-order valence-electron chi connectivity index (χ0n) is 31.1. The molecule has 0 radical (unpaired) electrons. The number of hydrogen-bond donors (Lipinski definition) is 0. The highest BCUT2D eigenvalue weighted by Gasteiger charge is 2.21. The van der Waals surface area contributed by atoms with E-state index in [0.717, 1.165) is 50.3 Å². The van der Waals surface area contributed by atoms with Gasteiger partial charge in [-0.3, -0.25) is 0 Å². The van der Waals surface area contributed by atoms with Crippen LogP contribution < -0.4 is 4.90 Å². The van der Waals surface area contributed by atoms with Crippen LogP contribution in [0.3, 0.4) is 0 Å². The number of benzene rings is 9. The molecule has 0 unspecified atom stereocenters. The van der Waals surface area contributed by atoms with Gasteiger partial charge < -0.3 is 13.9 Å². The van der Waals surface area contributed by atoms with Gasteiger partial charge >= 0.3 is 0 Å². The zero-order chi connectivity index (χ0) is 37.7. The molecule has 0 atom stereocenters. The molecule has 0 saturated carbocycles. The van der Waals surface area contributed by atoms with Crippen molar-refractivity contribution in [1.29, 1.82) is 0 Å². The highest BCUT2D eigenvalue weighted by Crippen LogP contribution is 2.45. The first-order chi connectivity index (χ1) is 28.3. The molecule has 9 aromatic carbocycles. The fourth-order valence-electron chi connectivity index (χ4n) is 8.65. The molecule has 268 valence electrons. The second-order valence-electron chi connectivity index (χ2n) is 14.5. The Labute approximate surface area is 330 Å². The molecule has 2 heterocycles. The molecule has 3 nitrogen and oxygen atoms in total. The Hall–Kier alpha value is -7.62. The molecule has 11 aromatic rings. The van der Waals surface area contributed by atoms with Crippen molar-refractivity contribution in [3.05, 3.63) is 218 Å². The van der Waals surface area contributed by atoms with Gasteiger partial charge in [0.2, 0.25) is 0 Å². The average molecular weight is 729 g/mol. The van der Waals surface area contributed by atoms with Crippen molar-refractivity contribution in [3.63, 3.8) is 0 Å². The van der Waals surface area contributed by atoms with E-state index >= 15 is 0 Å². The quantitative estimate of drug-likeness (QED) is 0.163. The number of para-hydroxylation sites is 4. The van der Waals surface area contributed by atoms with E-state index in [9.17, 15) is 0 Å². The number of furan rings is 1. The summed E-state index contributed by atoms with van der Waals surface area (Å²) in [6.45, 7) is 0. The lowest BCUT2D eigenvalue weighted by Crippen LogP contribution is -2.10. The summed E-state index contributed by atoms with van der Waals surface area (Å²) in [5, 5.41) is 4.67. The summed E-state index contributed by atoms with van der Waals surface area (Å²) in [6.07, 6.45) is 0. The number of anilines is 3. The second kappa shape index (κ2) is 13.6. The van der Waals surface area contributed by atoms with Crippen LogP contribution in [0.4, 0.5) is 17.1 Å². The number of nitrogens with zero attached hydrogens (tertiary/aromatic N) is 2. The Morgan fingerprint density at radius 1 is 0.351 bits per heavy atom. The Morgan fingerprint density at radius 2 is 0.860 bits per heavy atom. The van der Waals surface area contributed by atoms with E-state index in [4.69, 9.17) is 4.42 Å². The topological polar surface area (TPSA) is 21.3 Å². The van der Waals surface area contributed by atoms with Crippen LogP contribution in [-0.2, 0) is 0 Å². The minimum absolute atomic E-state index is 0.865. The van der Waals surface area contributed by atoms with Gasteiger partial charge in [0.1, 0.15) is 11.2 Å². The van der Waals surface area contributed by atoms with Gasteiger partial charge in [0.15, 0.2) is 0 Å². The Balaban J connectivity index is 1.07. The maximum atomic E-state index is 6.41. The number of hydrogen-bond acceptors (Lipinski definition) is 2. The van der Waals surface area contributed by atoms with Crippen LogP contribution in [0.2, 0.25) is 0 Å². The second-order valence-corrected chi connectivity index (χ2v) is 14.5. The van der Waals surface area contributed by atoms with Crippen molar-refractivity contribution in [2.24, 2.45) is 0 Å². The third kappa shape index (κ3) is 5.51. The monoisotopic (exact) mass is 728 g/mol. The summed E-state index contributed by atoms with van der Waals surface area (Å²) in [4.78, 5) is 2.36. The SMILES string of the molecule is c1ccc(-c2ccccc2-c2ccc(N(c3ccc(-c4cccc5c6ccccc6n(-c6ccccc6)c45)cc3)c3cccc4oc5ccccc5c34)cc2)cc1. The summed E-state index contributed by atoms with van der Waals surface area (Å²) in [5.41, 5.74) is 15.6. The third-order valence-electron chi connectivity index (χ3n) is 11.2. The minimum atomic E-state index is 0.865. The van der Waals surface area contributed by atoms with E-state index in [0.29, 0.717) is 0 Å². The molecule has 0 N–H and O–H groups in total. The highest BCUT2D eigenvalue weighted by atomic mass is 16.3. The van der Waals surface area contributed by atoms with Crippen molar-refractivity contribution in [2.45, 2.75) is 0 Å². The molecular weight excluding hydrogens is 693 g/mol. The normalized spacial score (nSPS) is 11.5. The Kier molecular flexibility index (Phi) is 7.82. The van der Waals surface area contributed by atoms with E-state index in [1.54, 1.807) is 0 Å². The number of rotatable bonds is 7. The standard InChI is InChI=1S/C54H36N2O/c1-3-15-37(16-4-1)43-19-7-8-20-44(43)38-29-33-41(34-30-38)55(50-26-14-28-52-53(50)48-22-10-12-27-51(48)57-52)42-35-31-39(32-36-42)45-23-13-24-47-46-21-9-11-25-49(46)56(54(45)47)40-17-5-2-6-18-40/h1-36H. The van der Waals surface area contributed by atoms with Gasteiger partial charge in [-0.2, -0.15) is 0 Å². The summed E-state index contributed by atoms with van der Waals surface area (Å²) in [5.74, 6) is 0. The molecular formula is C54H36N2O. The van der Waals surface area contributed by atoms with Gasteiger partial charge in [-0.1, -0.05) is 158 Å². The Morgan fingerprint density at radius 3 is 1.58 bits per heavy atom. The number of aromatic nitrogens is 1. The van der Waals surface area contributed by atoms with Crippen molar-refractivity contribution < 1.29 is 4.42 Å². The molecule has 57 heavy (non-hydrogen) atoms. The zero-order valence-corrected chi connectivity index (χ0v) is 31.1. The summed E-state index contributed by atoms with van der Waals surface area (Å²) in [7, 11) is 0. The van der Waals surface area contributed by atoms with Gasteiger partial charge in [-0.05, 0) is 88.5 Å². The molecule has 11 rings (SSSR count). The predicted octanol–water partition coefficient (Wildman–Crippen LogP) is 15.2. The fraction of sp³-hybridized carbons (Fsp3) is 0. The van der Waals surface area contributed by atoms with E-state index in [1.807, 2.05) is 12.1 Å². The van der Waals surface area contributed by atoms with Gasteiger partial charge in [-0.25, -0.2) is 0 Å². The minimum Gasteiger partial charge on any atom is -0.456 e. The van der Waals surface area contributed by atoms with Gasteiger partial charge in [0.25, 0.3) is 0 Å². The highest BCUT2D eigenvalue weighted by molar-refractivity contribution is 6.15. The molecule has 0 fully saturated rings. The molecule has 0 spiro atoms. The summed E-state index contributed by atoms with van der Waals surface area (Å²) < 4.78 is 8.81. The lowest BCUT2D eigenvalue weighted by atomic mass is 9.94. The van der Waals surface area contributed by atoms with Crippen LogP contribution in [0.25, 0.3) is 82.8 Å². The van der Waals surface area contributed by atoms with Crippen molar-refractivity contribution in [1.82, 2.24) is 4.57 Å². The smallest absolute Gasteiger partial charge is 0.137 e. The maximum absolute atomic E-state index is 6.41. The fourth-order valence-corrected chi connectivity index (χ4v) is 8.65. The first-order valence-electron chi connectivity index (χ1n) is 19.4. The van der Waals surface area contributed by atoms with Gasteiger partial charge in [-0.15, -0.1) is 0 Å². The van der Waals surface area contributed by atoms with Crippen LogP contribution in [-0.4, -0.2) is 4.57 Å². The van der Waals surface area contributed by atoms with E-state index in [1.165, 1.54) is 49.6 Å². The van der Waals surface area contributed by atoms with E-state index in [-0.39, 0.29) is 0 Å². The largest absolute Gasteiger partial charge is 0.456 e. The lowest BCUT2D eigenvalue weighted by molar-refractivity contribution is 0.669. The summed E-state index contributed by atoms with van der Waals surface area (Å²) >= 11 is 0. The molecule has 0 aliphatic heterocycles. The van der Waals surface area contributed by atoms with E-state index in [2.05, 4.69) is 216 Å². The van der Waals surface area contributed by atoms with Crippen molar-refractivity contribution in [2.75, 3.05) is 4.90 Å². The molecule has 0 bridgehead atoms. The first-order valence-corrected chi connectivity index (χ1v) is 19.4. The number of fused-ring (bicyclic) bond motifs is 6. The lowest BCUT2D eigenvalue weighted by Gasteiger charge is -2.27. The van der Waals surface area contributed by atoms with Crippen LogP contribution >= 0.6 is 0 Å². The van der Waals surface area contributed by atoms with Crippen molar-refractivity contribution in [3.8, 4) is 39.1 Å². The van der Waals surface area contributed by atoms with E-state index < -0.39 is 0 Å². The summed E-state index contributed by atoms with van der Waals surface area (Å²) in [6, 6.07) is 78.0. The van der Waals surface area contributed by atoms with Crippen LogP contribution in [0.15, 0.2) is 223 Å². The maximum Gasteiger partial charge on any atom is 0.137 e. The molecule has 0 amide bonds. The van der Waals surface area contributed by atoms with Gasteiger partial charge in [0.05, 0.1) is 22.1 Å². The molecule has 0 saturated heterocycles. The van der Waals surface area contributed by atoms with Crippen LogP contribution in [0.1, 0.15) is 0 Å². The predicted molar refractivity (Wildman–Crippen MR) is 239 cm³/mol. The Bertz CT molecular complexity index is 3210. The average Bonchev–Trinajstić information content (AvgIpc) is 3.84. The molecule has 2 aromatic heterocycles. The third-order valence-corrected chi connectivity index (χ3v) is 11.2. The van der Waals surface area contributed by atoms with Crippen LogP contribution in [0, 0.1) is 0 Å². The molecule has 0 aliphatic carbocycles. The van der Waals surface area contributed by atoms with Gasteiger partial charge in [0, 0.05) is 38.8 Å².